The smallest absolute Gasteiger partial charge is 0.413 e. The molecule has 0 bridgehead atoms. The summed E-state index contributed by atoms with van der Waals surface area (Å²) in [7, 11) is 1.66. The maximum Gasteiger partial charge on any atom is 0.413 e. The molecule has 1 N–H and O–H groups in total. The van der Waals surface area contributed by atoms with Crippen molar-refractivity contribution in [3.63, 3.8) is 0 Å². The highest BCUT2D eigenvalue weighted by Gasteiger charge is 2.18. The topological polar surface area (TPSA) is 79.9 Å². The molecule has 2 rings (SSSR count). The van der Waals surface area contributed by atoms with E-state index < -0.39 is 6.09 Å². The minimum Gasteiger partial charge on any atom is -0.444 e. The number of anilines is 1. The van der Waals surface area contributed by atoms with Gasteiger partial charge in [0.15, 0.2) is 5.82 Å². The number of hydrogen-bond donors (Lipinski definition) is 1. The van der Waals surface area contributed by atoms with Crippen molar-refractivity contribution in [3.05, 3.63) is 41.5 Å². The van der Waals surface area contributed by atoms with E-state index in [2.05, 4.69) is 10.4 Å². The van der Waals surface area contributed by atoms with E-state index in [0.29, 0.717) is 16.4 Å². The van der Waals surface area contributed by atoms with Crippen molar-refractivity contribution in [1.82, 2.24) is 9.78 Å². The van der Waals surface area contributed by atoms with Crippen molar-refractivity contribution in [2.75, 3.05) is 11.6 Å². The van der Waals surface area contributed by atoms with Crippen molar-refractivity contribution >= 4 is 23.7 Å². The average molecular weight is 302 g/mol. The number of nitriles is 1. The van der Waals surface area contributed by atoms with Gasteiger partial charge >= 0.3 is 6.09 Å². The number of carbonyl (C=O) groups is 1. The third-order valence-corrected chi connectivity index (χ3v) is 3.43. The zero-order chi connectivity index (χ0) is 15.2. The number of hydrogen-bond acceptors (Lipinski definition) is 5. The molecular weight excluding hydrogens is 288 g/mol. The van der Waals surface area contributed by atoms with Crippen LogP contribution < -0.4 is 5.32 Å². The van der Waals surface area contributed by atoms with Gasteiger partial charge in [0, 0.05) is 7.05 Å². The Morgan fingerprint density at radius 1 is 1.48 bits per heavy atom. The van der Waals surface area contributed by atoms with E-state index in [1.807, 2.05) is 42.7 Å². The fourth-order valence-electron chi connectivity index (χ4n) is 1.74. The van der Waals surface area contributed by atoms with Crippen LogP contribution in [0.4, 0.5) is 10.6 Å². The van der Waals surface area contributed by atoms with Gasteiger partial charge in [-0.3, -0.25) is 10.00 Å². The van der Waals surface area contributed by atoms with Crippen LogP contribution in [-0.2, 0) is 18.4 Å². The van der Waals surface area contributed by atoms with Crippen molar-refractivity contribution in [2.24, 2.45) is 7.05 Å². The van der Waals surface area contributed by atoms with Gasteiger partial charge in [0.2, 0.25) is 0 Å². The third-order valence-electron chi connectivity index (χ3n) is 2.75. The number of amides is 1. The summed E-state index contributed by atoms with van der Waals surface area (Å²) in [6.45, 7) is 0.168. The largest absolute Gasteiger partial charge is 0.444 e. The van der Waals surface area contributed by atoms with Crippen LogP contribution in [0.3, 0.4) is 0 Å². The second kappa shape index (κ2) is 6.81. The molecule has 6 nitrogen and oxygen atoms in total. The first-order valence-corrected chi connectivity index (χ1v) is 7.37. The Hall–Kier alpha value is -2.46. The summed E-state index contributed by atoms with van der Waals surface area (Å²) in [6, 6.07) is 11.4. The molecule has 1 amide bonds. The second-order valence-corrected chi connectivity index (χ2v) is 4.95. The zero-order valence-electron chi connectivity index (χ0n) is 11.7. The van der Waals surface area contributed by atoms with Crippen LogP contribution >= 0.6 is 11.8 Å². The monoisotopic (exact) mass is 302 g/mol. The van der Waals surface area contributed by atoms with Gasteiger partial charge in [0.1, 0.15) is 23.3 Å². The average Bonchev–Trinajstić information content (AvgIpc) is 2.81. The second-order valence-electron chi connectivity index (χ2n) is 4.16. The molecule has 0 aliphatic heterocycles. The molecule has 108 valence electrons. The number of ether oxygens (including phenoxy) is 1. The lowest BCUT2D eigenvalue weighted by Gasteiger charge is -2.07. The van der Waals surface area contributed by atoms with E-state index >= 15 is 0 Å². The van der Waals surface area contributed by atoms with E-state index in [9.17, 15) is 4.79 Å². The Bertz CT molecular complexity index is 676. The molecule has 0 saturated carbocycles. The zero-order valence-corrected chi connectivity index (χ0v) is 12.5. The van der Waals surface area contributed by atoms with Crippen LogP contribution in [0.2, 0.25) is 0 Å². The lowest BCUT2D eigenvalue weighted by Crippen LogP contribution is -2.16. The van der Waals surface area contributed by atoms with Crippen LogP contribution in [0.15, 0.2) is 35.4 Å². The molecule has 1 heterocycles. The molecule has 0 fully saturated rings. The van der Waals surface area contributed by atoms with Gasteiger partial charge < -0.3 is 4.74 Å². The number of benzene rings is 1. The van der Waals surface area contributed by atoms with Crippen LogP contribution in [0, 0.1) is 11.3 Å². The van der Waals surface area contributed by atoms with Crippen LogP contribution in [-0.4, -0.2) is 22.1 Å². The van der Waals surface area contributed by atoms with Crippen LogP contribution in [0.5, 0.6) is 0 Å². The van der Waals surface area contributed by atoms with Gasteiger partial charge in [-0.25, -0.2) is 4.79 Å². The quantitative estimate of drug-likeness (QED) is 0.878. The van der Waals surface area contributed by atoms with E-state index in [-0.39, 0.29) is 6.61 Å². The first kappa shape index (κ1) is 14.9. The SMILES string of the molecule is CSc1nn(C)c(NC(=O)OCc2ccccc2)c1C#N. The molecule has 0 atom stereocenters. The normalized spacial score (nSPS) is 9.95. The van der Waals surface area contributed by atoms with Crippen LogP contribution in [0.25, 0.3) is 0 Å². The van der Waals surface area contributed by atoms with Gasteiger partial charge in [0.05, 0.1) is 0 Å². The summed E-state index contributed by atoms with van der Waals surface area (Å²) in [5, 5.41) is 16.4. The van der Waals surface area contributed by atoms with Gasteiger partial charge in [-0.2, -0.15) is 10.4 Å². The summed E-state index contributed by atoms with van der Waals surface area (Å²) in [5.74, 6) is 0.333. The highest BCUT2D eigenvalue weighted by Crippen LogP contribution is 2.25. The molecule has 7 heteroatoms. The maximum atomic E-state index is 11.8. The Morgan fingerprint density at radius 2 is 2.19 bits per heavy atom. The number of nitrogens with zero attached hydrogens (tertiary/aromatic N) is 3. The molecule has 0 radical (unpaired) electrons. The minimum atomic E-state index is -0.619. The number of thioether (sulfide) groups is 1. The summed E-state index contributed by atoms with van der Waals surface area (Å²) in [5.41, 5.74) is 1.23. The fraction of sp³-hybridized carbons (Fsp3) is 0.214. The molecule has 0 aliphatic rings. The number of nitrogens with one attached hydrogen (secondary N) is 1. The minimum absolute atomic E-state index is 0.168. The number of carbonyl (C=O) groups excluding carboxylic acids is 1. The summed E-state index contributed by atoms with van der Waals surface area (Å²) < 4.78 is 6.57. The van der Waals surface area contributed by atoms with Crippen molar-refractivity contribution < 1.29 is 9.53 Å². The molecule has 0 aliphatic carbocycles. The number of rotatable bonds is 4. The molecular formula is C14H14N4O2S. The molecule has 0 unspecified atom stereocenters. The Kier molecular flexibility index (Phi) is 4.85. The first-order valence-electron chi connectivity index (χ1n) is 6.14. The predicted octanol–water partition coefficient (Wildman–Crippen LogP) is 2.76. The van der Waals surface area contributed by atoms with E-state index in [1.54, 1.807) is 7.05 Å². The lowest BCUT2D eigenvalue weighted by molar-refractivity contribution is 0.155. The highest BCUT2D eigenvalue weighted by molar-refractivity contribution is 7.98. The van der Waals surface area contributed by atoms with E-state index in [4.69, 9.17) is 10.00 Å². The Morgan fingerprint density at radius 3 is 2.81 bits per heavy atom. The fourth-order valence-corrected chi connectivity index (χ4v) is 2.29. The summed E-state index contributed by atoms with van der Waals surface area (Å²) >= 11 is 1.35. The predicted molar refractivity (Wildman–Crippen MR) is 80.0 cm³/mol. The lowest BCUT2D eigenvalue weighted by atomic mass is 10.2. The summed E-state index contributed by atoms with van der Waals surface area (Å²) in [6.07, 6.45) is 1.20. The van der Waals surface area contributed by atoms with Gasteiger partial charge in [-0.15, -0.1) is 11.8 Å². The van der Waals surface area contributed by atoms with E-state index in [1.165, 1.54) is 16.4 Å². The highest BCUT2D eigenvalue weighted by atomic mass is 32.2. The molecule has 1 aromatic carbocycles. The van der Waals surface area contributed by atoms with Crippen molar-refractivity contribution in [1.29, 1.82) is 5.26 Å². The molecule has 2 aromatic rings. The Labute approximate surface area is 126 Å². The van der Waals surface area contributed by atoms with Gasteiger partial charge in [0.25, 0.3) is 0 Å². The van der Waals surface area contributed by atoms with Gasteiger partial charge in [-0.1, -0.05) is 30.3 Å². The number of aryl methyl sites for hydroxylation is 1. The molecule has 1 aromatic heterocycles. The van der Waals surface area contributed by atoms with Crippen molar-refractivity contribution in [2.45, 2.75) is 11.6 Å². The molecule has 0 saturated heterocycles. The van der Waals surface area contributed by atoms with Gasteiger partial charge in [-0.05, 0) is 11.8 Å². The van der Waals surface area contributed by atoms with E-state index in [0.717, 1.165) is 5.56 Å². The molecule has 21 heavy (non-hydrogen) atoms. The summed E-state index contributed by atoms with van der Waals surface area (Å²) in [4.78, 5) is 11.8. The maximum absolute atomic E-state index is 11.8. The van der Waals surface area contributed by atoms with Crippen LogP contribution in [0.1, 0.15) is 11.1 Å². The number of aromatic nitrogens is 2. The van der Waals surface area contributed by atoms with Crippen molar-refractivity contribution in [3.8, 4) is 6.07 Å². The Balaban J connectivity index is 2.03. The third kappa shape index (κ3) is 3.55. The first-order chi connectivity index (χ1) is 10.2. The molecule has 0 spiro atoms. The standard InChI is InChI=1S/C14H14N4O2S/c1-18-12(11(8-15)13(17-18)21-2)16-14(19)20-9-10-6-4-3-5-7-10/h3-7H,9H2,1-2H3,(H,16,19).